The molecule has 0 spiro atoms. The number of amides is 3. The molecule has 2 heterocycles. The van der Waals surface area contributed by atoms with E-state index in [4.69, 9.17) is 4.74 Å². The third-order valence-corrected chi connectivity index (χ3v) is 5.52. The Balaban J connectivity index is 1.47. The molecule has 164 valence electrons. The van der Waals surface area contributed by atoms with Crippen LogP contribution in [0.25, 0.3) is 0 Å². The van der Waals surface area contributed by atoms with Crippen LogP contribution in [0.15, 0.2) is 24.3 Å². The van der Waals surface area contributed by atoms with E-state index < -0.39 is 0 Å². The van der Waals surface area contributed by atoms with Crippen molar-refractivity contribution in [3.63, 3.8) is 0 Å². The second-order valence-corrected chi connectivity index (χ2v) is 7.93. The summed E-state index contributed by atoms with van der Waals surface area (Å²) in [4.78, 5) is 40.8. The molecule has 0 radical (unpaired) electrons. The van der Waals surface area contributed by atoms with Crippen LogP contribution in [-0.4, -0.2) is 73.5 Å². The third-order valence-electron chi connectivity index (χ3n) is 5.52. The SMILES string of the molecule is CCCC(=O)N1CCCC(C(=O)Nc2ccc(NC(=O)CN3CCOCC3)cc2)C1. The lowest BCUT2D eigenvalue weighted by atomic mass is 9.96. The molecule has 8 heteroatoms. The topological polar surface area (TPSA) is 91.0 Å². The molecule has 0 aliphatic carbocycles. The predicted molar refractivity (Wildman–Crippen MR) is 115 cm³/mol. The molecule has 1 atom stereocenters. The van der Waals surface area contributed by atoms with Gasteiger partial charge in [-0.15, -0.1) is 0 Å². The minimum Gasteiger partial charge on any atom is -0.379 e. The van der Waals surface area contributed by atoms with Gasteiger partial charge in [0, 0.05) is 44.0 Å². The number of hydrogen-bond donors (Lipinski definition) is 2. The predicted octanol–water partition coefficient (Wildman–Crippen LogP) is 1.93. The van der Waals surface area contributed by atoms with Gasteiger partial charge in [0.15, 0.2) is 0 Å². The lowest BCUT2D eigenvalue weighted by Gasteiger charge is -2.32. The molecular weight excluding hydrogens is 384 g/mol. The van der Waals surface area contributed by atoms with Gasteiger partial charge in [-0.3, -0.25) is 19.3 Å². The summed E-state index contributed by atoms with van der Waals surface area (Å²) >= 11 is 0. The largest absolute Gasteiger partial charge is 0.379 e. The zero-order valence-corrected chi connectivity index (χ0v) is 17.7. The van der Waals surface area contributed by atoms with Gasteiger partial charge in [0.25, 0.3) is 0 Å². The van der Waals surface area contributed by atoms with Crippen molar-refractivity contribution in [3.05, 3.63) is 24.3 Å². The highest BCUT2D eigenvalue weighted by Gasteiger charge is 2.28. The van der Waals surface area contributed by atoms with Crippen LogP contribution in [-0.2, 0) is 19.1 Å². The number of rotatable bonds is 7. The molecule has 2 saturated heterocycles. The summed E-state index contributed by atoms with van der Waals surface area (Å²) < 4.78 is 5.29. The highest BCUT2D eigenvalue weighted by Crippen LogP contribution is 2.21. The standard InChI is InChI=1S/C22H32N4O4/c1-2-4-21(28)26-10-3-5-17(15-26)22(29)24-19-8-6-18(7-9-19)23-20(27)16-25-11-13-30-14-12-25/h6-9,17H,2-5,10-16H2,1H3,(H,23,27)(H,24,29). The number of ether oxygens (including phenoxy) is 1. The molecule has 30 heavy (non-hydrogen) atoms. The number of anilines is 2. The third kappa shape index (κ3) is 6.53. The monoisotopic (exact) mass is 416 g/mol. The van der Waals surface area contributed by atoms with Gasteiger partial charge in [-0.2, -0.15) is 0 Å². The van der Waals surface area contributed by atoms with Crippen molar-refractivity contribution < 1.29 is 19.1 Å². The van der Waals surface area contributed by atoms with Crippen molar-refractivity contribution in [1.82, 2.24) is 9.80 Å². The Morgan fingerprint density at radius 1 is 1.03 bits per heavy atom. The maximum Gasteiger partial charge on any atom is 0.238 e. The maximum absolute atomic E-state index is 12.6. The van der Waals surface area contributed by atoms with Crippen LogP contribution in [0, 0.1) is 5.92 Å². The second-order valence-electron chi connectivity index (χ2n) is 7.93. The number of morpholine rings is 1. The number of nitrogens with one attached hydrogen (secondary N) is 2. The molecule has 2 N–H and O–H groups in total. The Bertz CT molecular complexity index is 731. The molecule has 1 unspecified atom stereocenters. The summed E-state index contributed by atoms with van der Waals surface area (Å²) in [5.74, 6) is -0.180. The minimum atomic E-state index is -0.188. The zero-order chi connectivity index (χ0) is 21.3. The van der Waals surface area contributed by atoms with Crippen LogP contribution in [0.3, 0.4) is 0 Å². The van der Waals surface area contributed by atoms with Gasteiger partial charge < -0.3 is 20.3 Å². The van der Waals surface area contributed by atoms with Gasteiger partial charge in [-0.25, -0.2) is 0 Å². The van der Waals surface area contributed by atoms with Crippen molar-refractivity contribution >= 4 is 29.1 Å². The molecule has 0 bridgehead atoms. The van der Waals surface area contributed by atoms with E-state index in [1.807, 2.05) is 11.8 Å². The molecular formula is C22H32N4O4. The number of hydrogen-bond acceptors (Lipinski definition) is 5. The van der Waals surface area contributed by atoms with Crippen LogP contribution < -0.4 is 10.6 Å². The molecule has 2 aliphatic heterocycles. The average Bonchev–Trinajstić information content (AvgIpc) is 2.76. The lowest BCUT2D eigenvalue weighted by Crippen LogP contribution is -2.43. The number of benzene rings is 1. The zero-order valence-electron chi connectivity index (χ0n) is 17.7. The van der Waals surface area contributed by atoms with Gasteiger partial charge in [0.05, 0.1) is 25.7 Å². The Labute approximate surface area is 177 Å². The molecule has 3 amide bonds. The maximum atomic E-state index is 12.6. The van der Waals surface area contributed by atoms with E-state index in [0.717, 1.165) is 38.9 Å². The molecule has 1 aromatic carbocycles. The summed E-state index contributed by atoms with van der Waals surface area (Å²) in [5.41, 5.74) is 1.38. The quantitative estimate of drug-likeness (QED) is 0.709. The first-order valence-corrected chi connectivity index (χ1v) is 10.8. The van der Waals surface area contributed by atoms with Crippen LogP contribution in [0.1, 0.15) is 32.6 Å². The van der Waals surface area contributed by atoms with Crippen LogP contribution >= 0.6 is 0 Å². The second kappa shape index (κ2) is 11.1. The number of likely N-dealkylation sites (tertiary alicyclic amines) is 1. The molecule has 2 fully saturated rings. The summed E-state index contributed by atoms with van der Waals surface area (Å²) in [7, 11) is 0. The van der Waals surface area contributed by atoms with Crippen LogP contribution in [0.2, 0.25) is 0 Å². The Kier molecular flexibility index (Phi) is 8.21. The fraction of sp³-hybridized carbons (Fsp3) is 0.591. The Hall–Kier alpha value is -2.45. The number of carbonyl (C=O) groups is 3. The van der Waals surface area contributed by atoms with E-state index in [9.17, 15) is 14.4 Å². The van der Waals surface area contributed by atoms with E-state index >= 15 is 0 Å². The van der Waals surface area contributed by atoms with E-state index in [1.165, 1.54) is 0 Å². The summed E-state index contributed by atoms with van der Waals surface area (Å²) in [6.07, 6.45) is 2.99. The average molecular weight is 417 g/mol. The first-order chi connectivity index (χ1) is 14.5. The molecule has 3 rings (SSSR count). The van der Waals surface area contributed by atoms with Crippen molar-refractivity contribution in [2.45, 2.75) is 32.6 Å². The molecule has 8 nitrogen and oxygen atoms in total. The van der Waals surface area contributed by atoms with Crippen molar-refractivity contribution in [2.75, 3.05) is 56.6 Å². The molecule has 2 aliphatic rings. The van der Waals surface area contributed by atoms with Crippen molar-refractivity contribution in [3.8, 4) is 0 Å². The van der Waals surface area contributed by atoms with Crippen LogP contribution in [0.5, 0.6) is 0 Å². The van der Waals surface area contributed by atoms with E-state index in [2.05, 4.69) is 15.5 Å². The van der Waals surface area contributed by atoms with Crippen LogP contribution in [0.4, 0.5) is 11.4 Å². The van der Waals surface area contributed by atoms with Gasteiger partial charge in [-0.05, 0) is 43.5 Å². The molecule has 0 aromatic heterocycles. The first kappa shape index (κ1) is 22.2. The number of piperidine rings is 1. The lowest BCUT2D eigenvalue weighted by molar-refractivity contribution is -0.134. The summed E-state index contributed by atoms with van der Waals surface area (Å²) in [6.45, 7) is 6.40. The fourth-order valence-corrected chi connectivity index (χ4v) is 3.83. The van der Waals surface area contributed by atoms with E-state index in [-0.39, 0.29) is 23.6 Å². The van der Waals surface area contributed by atoms with Gasteiger partial charge in [0.2, 0.25) is 17.7 Å². The Morgan fingerprint density at radius 2 is 1.70 bits per heavy atom. The van der Waals surface area contributed by atoms with Gasteiger partial charge >= 0.3 is 0 Å². The minimum absolute atomic E-state index is 0.0619. The van der Waals surface area contributed by atoms with Crippen molar-refractivity contribution in [2.24, 2.45) is 5.92 Å². The smallest absolute Gasteiger partial charge is 0.238 e. The van der Waals surface area contributed by atoms with Gasteiger partial charge in [-0.1, -0.05) is 6.92 Å². The van der Waals surface area contributed by atoms with E-state index in [1.54, 1.807) is 24.3 Å². The van der Waals surface area contributed by atoms with Crippen molar-refractivity contribution in [1.29, 1.82) is 0 Å². The molecule has 0 saturated carbocycles. The normalized spacial score (nSPS) is 19.9. The first-order valence-electron chi connectivity index (χ1n) is 10.8. The summed E-state index contributed by atoms with van der Waals surface area (Å²) in [5, 5.41) is 5.82. The van der Waals surface area contributed by atoms with Gasteiger partial charge in [0.1, 0.15) is 0 Å². The highest BCUT2D eigenvalue weighted by molar-refractivity contribution is 5.95. The number of nitrogens with zero attached hydrogens (tertiary/aromatic N) is 2. The summed E-state index contributed by atoms with van der Waals surface area (Å²) in [6, 6.07) is 7.13. The molecule has 1 aromatic rings. The Morgan fingerprint density at radius 3 is 2.37 bits per heavy atom. The van der Waals surface area contributed by atoms with E-state index in [0.29, 0.717) is 44.1 Å². The number of carbonyl (C=O) groups excluding carboxylic acids is 3. The fourth-order valence-electron chi connectivity index (χ4n) is 3.83. The highest BCUT2D eigenvalue weighted by atomic mass is 16.5.